The zero-order valence-electron chi connectivity index (χ0n) is 13.3. The van der Waals surface area contributed by atoms with Crippen LogP contribution in [0.5, 0.6) is 5.75 Å². The van der Waals surface area contributed by atoms with Crippen LogP contribution in [-0.4, -0.2) is 12.5 Å². The number of amides is 1. The molecule has 1 unspecified atom stereocenters. The summed E-state index contributed by atoms with van der Waals surface area (Å²) in [4.78, 5) is 12.0. The predicted octanol–water partition coefficient (Wildman–Crippen LogP) is 4.12. The van der Waals surface area contributed by atoms with Gasteiger partial charge >= 0.3 is 0 Å². The summed E-state index contributed by atoms with van der Waals surface area (Å²) in [6, 6.07) is 13.4. The van der Waals surface area contributed by atoms with Gasteiger partial charge in [-0.2, -0.15) is 0 Å². The van der Waals surface area contributed by atoms with Crippen molar-refractivity contribution in [3.63, 3.8) is 0 Å². The van der Waals surface area contributed by atoms with Gasteiger partial charge in [0, 0.05) is 11.6 Å². The number of carbonyl (C=O) groups excluding carboxylic acids is 1. The normalized spacial score (nSPS) is 12.1. The first-order chi connectivity index (χ1) is 11.1. The third kappa shape index (κ3) is 4.95. The molecule has 0 spiro atoms. The van der Waals surface area contributed by atoms with Crippen LogP contribution in [0.1, 0.15) is 31.0 Å². The van der Waals surface area contributed by atoms with Crippen LogP contribution < -0.4 is 10.1 Å². The average molecular weight is 313 g/mol. The lowest BCUT2D eigenvalue weighted by atomic mass is 10.1. The number of hydrogen-bond donors (Lipinski definition) is 1. The number of halogens is 1. The van der Waals surface area contributed by atoms with E-state index in [1.807, 2.05) is 38.1 Å². The van der Waals surface area contributed by atoms with Crippen molar-refractivity contribution in [1.29, 1.82) is 0 Å². The zero-order valence-corrected chi connectivity index (χ0v) is 13.3. The third-order valence-corrected chi connectivity index (χ3v) is 3.36. The molecule has 0 saturated carbocycles. The maximum atomic E-state index is 12.9. The number of nitrogens with one attached hydrogen (secondary N) is 1. The van der Waals surface area contributed by atoms with E-state index in [-0.39, 0.29) is 17.8 Å². The van der Waals surface area contributed by atoms with Gasteiger partial charge in [-0.15, -0.1) is 0 Å². The first-order valence-electron chi connectivity index (χ1n) is 7.56. The van der Waals surface area contributed by atoms with Crippen molar-refractivity contribution >= 4 is 12.0 Å². The molecule has 0 fully saturated rings. The second-order valence-corrected chi connectivity index (χ2v) is 5.09. The SMILES string of the molecule is CCOc1ccccc1/C=C/C(=O)NC(C)c1ccc(F)cc1. The monoisotopic (exact) mass is 313 g/mol. The molecular formula is C19H20FNO2. The molecule has 3 nitrogen and oxygen atoms in total. The molecule has 4 heteroatoms. The number of benzene rings is 2. The summed E-state index contributed by atoms with van der Waals surface area (Å²) in [6.07, 6.45) is 3.19. The molecule has 0 aliphatic heterocycles. The Morgan fingerprint density at radius 2 is 1.91 bits per heavy atom. The lowest BCUT2D eigenvalue weighted by Crippen LogP contribution is -2.24. The van der Waals surface area contributed by atoms with Crippen molar-refractivity contribution in [3.05, 3.63) is 71.6 Å². The van der Waals surface area contributed by atoms with Crippen LogP contribution in [0.15, 0.2) is 54.6 Å². The van der Waals surface area contributed by atoms with Gasteiger partial charge in [-0.1, -0.05) is 30.3 Å². The lowest BCUT2D eigenvalue weighted by molar-refractivity contribution is -0.117. The van der Waals surface area contributed by atoms with Crippen LogP contribution in [0.2, 0.25) is 0 Å². The van der Waals surface area contributed by atoms with Gasteiger partial charge in [0.15, 0.2) is 0 Å². The Labute approximate surface area is 135 Å². The van der Waals surface area contributed by atoms with Crippen molar-refractivity contribution in [3.8, 4) is 5.75 Å². The van der Waals surface area contributed by atoms with Crippen LogP contribution in [0.25, 0.3) is 6.08 Å². The molecule has 23 heavy (non-hydrogen) atoms. The van der Waals surface area contributed by atoms with Crippen molar-refractivity contribution in [2.24, 2.45) is 0 Å². The van der Waals surface area contributed by atoms with E-state index in [1.54, 1.807) is 18.2 Å². The van der Waals surface area contributed by atoms with E-state index in [0.29, 0.717) is 6.61 Å². The molecule has 2 rings (SSSR count). The summed E-state index contributed by atoms with van der Waals surface area (Å²) in [5, 5.41) is 2.85. The van der Waals surface area contributed by atoms with E-state index in [9.17, 15) is 9.18 Å². The highest BCUT2D eigenvalue weighted by molar-refractivity contribution is 5.92. The molecule has 0 aliphatic rings. The highest BCUT2D eigenvalue weighted by Gasteiger charge is 2.07. The van der Waals surface area contributed by atoms with Crippen LogP contribution >= 0.6 is 0 Å². The molecule has 0 radical (unpaired) electrons. The van der Waals surface area contributed by atoms with Crippen LogP contribution in [0.3, 0.4) is 0 Å². The standard InChI is InChI=1S/C19H20FNO2/c1-3-23-18-7-5-4-6-16(18)10-13-19(22)21-14(2)15-8-11-17(20)12-9-15/h4-14H,3H2,1-2H3,(H,21,22)/b13-10+. The molecule has 1 N–H and O–H groups in total. The Balaban J connectivity index is 2.00. The fourth-order valence-corrected chi connectivity index (χ4v) is 2.17. The third-order valence-electron chi connectivity index (χ3n) is 3.36. The van der Waals surface area contributed by atoms with Gasteiger partial charge in [0.2, 0.25) is 5.91 Å². The maximum Gasteiger partial charge on any atom is 0.244 e. The smallest absolute Gasteiger partial charge is 0.244 e. The summed E-state index contributed by atoms with van der Waals surface area (Å²) >= 11 is 0. The van der Waals surface area contributed by atoms with Crippen LogP contribution in [0.4, 0.5) is 4.39 Å². The Morgan fingerprint density at radius 3 is 2.61 bits per heavy atom. The number of hydrogen-bond acceptors (Lipinski definition) is 2. The molecule has 0 bridgehead atoms. The first-order valence-corrected chi connectivity index (χ1v) is 7.56. The van der Waals surface area contributed by atoms with E-state index in [4.69, 9.17) is 4.74 Å². The summed E-state index contributed by atoms with van der Waals surface area (Å²) in [6.45, 7) is 4.34. The van der Waals surface area contributed by atoms with Gasteiger partial charge in [-0.25, -0.2) is 4.39 Å². The number of para-hydroxylation sites is 1. The molecule has 2 aromatic carbocycles. The molecule has 0 heterocycles. The fraction of sp³-hybridized carbons (Fsp3) is 0.211. The summed E-state index contributed by atoms with van der Waals surface area (Å²) in [5.41, 5.74) is 1.70. The summed E-state index contributed by atoms with van der Waals surface area (Å²) in [5.74, 6) is 0.235. The highest BCUT2D eigenvalue weighted by atomic mass is 19.1. The Kier molecular flexibility index (Phi) is 5.92. The molecular weight excluding hydrogens is 293 g/mol. The van der Waals surface area contributed by atoms with Gasteiger partial charge in [-0.3, -0.25) is 4.79 Å². The summed E-state index contributed by atoms with van der Waals surface area (Å²) in [7, 11) is 0. The maximum absolute atomic E-state index is 12.9. The molecule has 0 aliphatic carbocycles. The number of ether oxygens (including phenoxy) is 1. The second-order valence-electron chi connectivity index (χ2n) is 5.09. The van der Waals surface area contributed by atoms with Crippen LogP contribution in [-0.2, 0) is 4.79 Å². The number of rotatable bonds is 6. The Bertz CT molecular complexity index is 680. The van der Waals surface area contributed by atoms with E-state index < -0.39 is 0 Å². The van der Waals surface area contributed by atoms with Gasteiger partial charge < -0.3 is 10.1 Å². The Hall–Kier alpha value is -2.62. The zero-order chi connectivity index (χ0) is 16.7. The minimum absolute atomic E-state index is 0.199. The molecule has 2 aromatic rings. The van der Waals surface area contributed by atoms with Crippen molar-refractivity contribution < 1.29 is 13.9 Å². The van der Waals surface area contributed by atoms with Gasteiger partial charge in [0.05, 0.1) is 12.6 Å². The topological polar surface area (TPSA) is 38.3 Å². The largest absolute Gasteiger partial charge is 0.493 e. The van der Waals surface area contributed by atoms with Gasteiger partial charge in [0.1, 0.15) is 11.6 Å². The van der Waals surface area contributed by atoms with Crippen molar-refractivity contribution in [1.82, 2.24) is 5.32 Å². The van der Waals surface area contributed by atoms with Gasteiger partial charge in [0.25, 0.3) is 0 Å². The minimum atomic E-state index is -0.292. The van der Waals surface area contributed by atoms with E-state index in [1.165, 1.54) is 18.2 Å². The lowest BCUT2D eigenvalue weighted by Gasteiger charge is -2.13. The first kappa shape index (κ1) is 16.7. The molecule has 1 atom stereocenters. The summed E-state index contributed by atoms with van der Waals surface area (Å²) < 4.78 is 18.4. The van der Waals surface area contributed by atoms with E-state index >= 15 is 0 Å². The van der Waals surface area contributed by atoms with E-state index in [0.717, 1.165) is 16.9 Å². The quantitative estimate of drug-likeness (QED) is 0.815. The molecule has 0 saturated heterocycles. The fourth-order valence-electron chi connectivity index (χ4n) is 2.17. The van der Waals surface area contributed by atoms with Crippen LogP contribution in [0, 0.1) is 5.82 Å². The van der Waals surface area contributed by atoms with E-state index in [2.05, 4.69) is 5.32 Å². The average Bonchev–Trinajstić information content (AvgIpc) is 2.55. The number of carbonyl (C=O) groups is 1. The molecule has 0 aromatic heterocycles. The van der Waals surface area contributed by atoms with Crippen molar-refractivity contribution in [2.45, 2.75) is 19.9 Å². The van der Waals surface area contributed by atoms with Crippen molar-refractivity contribution in [2.75, 3.05) is 6.61 Å². The van der Waals surface area contributed by atoms with Gasteiger partial charge in [-0.05, 0) is 43.7 Å². The highest BCUT2D eigenvalue weighted by Crippen LogP contribution is 2.19. The molecule has 120 valence electrons. The minimum Gasteiger partial charge on any atom is -0.493 e. The molecule has 1 amide bonds. The second kappa shape index (κ2) is 8.13. The Morgan fingerprint density at radius 1 is 1.22 bits per heavy atom. The predicted molar refractivity (Wildman–Crippen MR) is 89.6 cm³/mol.